The molecule has 0 saturated heterocycles. The van der Waals surface area contributed by atoms with Gasteiger partial charge in [-0.05, 0) is 12.5 Å². The van der Waals surface area contributed by atoms with Crippen LogP contribution in [0.5, 0.6) is 0 Å². The van der Waals surface area contributed by atoms with Gasteiger partial charge in [-0.3, -0.25) is 0 Å². The molecule has 0 unspecified atom stereocenters. The van der Waals surface area contributed by atoms with Gasteiger partial charge in [-0.1, -0.05) is 44.2 Å². The number of carbonyl (C=O) groups excluding carboxylic acids is 2. The standard InChI is InChI=1S/C18H22N2O4/c1-12(2)16(18(22)23-4)24-17(21)15-10-19-11-20(15)13(3)14-8-6-5-7-9-14/h5-13,16H,1-4H3/t13-,16+/m1/s1. The molecule has 2 aromatic rings. The third kappa shape index (κ3) is 3.82. The van der Waals surface area contributed by atoms with Crippen LogP contribution >= 0.6 is 0 Å². The highest BCUT2D eigenvalue weighted by Gasteiger charge is 2.29. The van der Waals surface area contributed by atoms with Crippen LogP contribution in [0.15, 0.2) is 42.9 Å². The summed E-state index contributed by atoms with van der Waals surface area (Å²) >= 11 is 0. The summed E-state index contributed by atoms with van der Waals surface area (Å²) in [5.41, 5.74) is 1.33. The number of aromatic nitrogens is 2. The summed E-state index contributed by atoms with van der Waals surface area (Å²) in [5, 5.41) is 0. The van der Waals surface area contributed by atoms with Crippen LogP contribution in [-0.2, 0) is 14.3 Å². The number of carbonyl (C=O) groups is 2. The van der Waals surface area contributed by atoms with Crippen molar-refractivity contribution in [2.75, 3.05) is 7.11 Å². The first-order valence-electron chi connectivity index (χ1n) is 7.81. The van der Waals surface area contributed by atoms with Crippen molar-refractivity contribution in [3.8, 4) is 0 Å². The molecule has 6 heteroatoms. The van der Waals surface area contributed by atoms with Gasteiger partial charge >= 0.3 is 11.9 Å². The van der Waals surface area contributed by atoms with Gasteiger partial charge in [0.05, 0.1) is 25.7 Å². The molecule has 0 bridgehead atoms. The average molecular weight is 330 g/mol. The Morgan fingerprint density at radius 2 is 1.79 bits per heavy atom. The summed E-state index contributed by atoms with van der Waals surface area (Å²) in [6, 6.07) is 9.67. The zero-order chi connectivity index (χ0) is 17.7. The number of hydrogen-bond donors (Lipinski definition) is 0. The molecule has 128 valence electrons. The Bertz CT molecular complexity index is 694. The molecule has 24 heavy (non-hydrogen) atoms. The molecular weight excluding hydrogens is 308 g/mol. The molecule has 0 amide bonds. The molecule has 1 aromatic heterocycles. The third-order valence-corrected chi connectivity index (χ3v) is 3.85. The lowest BCUT2D eigenvalue weighted by atomic mass is 10.1. The van der Waals surface area contributed by atoms with Crippen molar-refractivity contribution in [1.29, 1.82) is 0 Å². The molecule has 1 heterocycles. The first-order chi connectivity index (χ1) is 11.5. The Labute approximate surface area is 141 Å². The van der Waals surface area contributed by atoms with E-state index < -0.39 is 18.0 Å². The second-order valence-corrected chi connectivity index (χ2v) is 5.87. The van der Waals surface area contributed by atoms with Crippen molar-refractivity contribution in [2.24, 2.45) is 5.92 Å². The van der Waals surface area contributed by atoms with E-state index in [4.69, 9.17) is 9.47 Å². The van der Waals surface area contributed by atoms with Gasteiger partial charge in [0.25, 0.3) is 0 Å². The van der Waals surface area contributed by atoms with Crippen molar-refractivity contribution in [3.63, 3.8) is 0 Å². The summed E-state index contributed by atoms with van der Waals surface area (Å²) in [6.45, 7) is 5.55. The van der Waals surface area contributed by atoms with Crippen LogP contribution < -0.4 is 0 Å². The van der Waals surface area contributed by atoms with Crippen LogP contribution in [0.4, 0.5) is 0 Å². The summed E-state index contributed by atoms with van der Waals surface area (Å²) in [7, 11) is 1.27. The highest BCUT2D eigenvalue weighted by atomic mass is 16.6. The molecule has 0 aliphatic carbocycles. The fourth-order valence-electron chi connectivity index (χ4n) is 2.41. The lowest BCUT2D eigenvalue weighted by molar-refractivity contribution is -0.153. The number of ether oxygens (including phenoxy) is 2. The van der Waals surface area contributed by atoms with E-state index in [9.17, 15) is 9.59 Å². The normalized spacial score (nSPS) is 13.4. The predicted octanol–water partition coefficient (Wildman–Crippen LogP) is 2.85. The van der Waals surface area contributed by atoms with E-state index in [1.54, 1.807) is 24.7 Å². The molecule has 0 saturated carbocycles. The molecule has 2 rings (SSSR count). The monoisotopic (exact) mass is 330 g/mol. The quantitative estimate of drug-likeness (QED) is 0.762. The Morgan fingerprint density at radius 1 is 1.12 bits per heavy atom. The van der Waals surface area contributed by atoms with Gasteiger partial charge in [0, 0.05) is 5.92 Å². The topological polar surface area (TPSA) is 70.4 Å². The van der Waals surface area contributed by atoms with Gasteiger partial charge in [-0.25, -0.2) is 14.6 Å². The van der Waals surface area contributed by atoms with Gasteiger partial charge in [-0.15, -0.1) is 0 Å². The molecule has 0 fully saturated rings. The van der Waals surface area contributed by atoms with Crippen LogP contribution in [0.1, 0.15) is 42.9 Å². The maximum Gasteiger partial charge on any atom is 0.357 e. The largest absolute Gasteiger partial charge is 0.466 e. The van der Waals surface area contributed by atoms with Gasteiger partial charge < -0.3 is 14.0 Å². The van der Waals surface area contributed by atoms with E-state index in [0.717, 1.165) is 5.56 Å². The number of rotatable bonds is 6. The number of hydrogen-bond acceptors (Lipinski definition) is 5. The smallest absolute Gasteiger partial charge is 0.357 e. The Morgan fingerprint density at radius 3 is 2.38 bits per heavy atom. The van der Waals surface area contributed by atoms with Gasteiger partial charge in [0.1, 0.15) is 5.69 Å². The van der Waals surface area contributed by atoms with E-state index in [2.05, 4.69) is 4.98 Å². The molecule has 6 nitrogen and oxygen atoms in total. The third-order valence-electron chi connectivity index (χ3n) is 3.85. The van der Waals surface area contributed by atoms with Crippen LogP contribution in [0.25, 0.3) is 0 Å². The number of esters is 2. The number of imidazole rings is 1. The Kier molecular flexibility index (Phi) is 5.73. The molecule has 0 aliphatic rings. The second kappa shape index (κ2) is 7.77. The van der Waals surface area contributed by atoms with E-state index >= 15 is 0 Å². The van der Waals surface area contributed by atoms with Gasteiger partial charge in [0.15, 0.2) is 0 Å². The minimum Gasteiger partial charge on any atom is -0.466 e. The minimum absolute atomic E-state index is 0.0909. The average Bonchev–Trinajstić information content (AvgIpc) is 3.08. The zero-order valence-corrected chi connectivity index (χ0v) is 14.3. The van der Waals surface area contributed by atoms with Gasteiger partial charge in [-0.2, -0.15) is 0 Å². The number of nitrogens with zero attached hydrogens (tertiary/aromatic N) is 2. The van der Waals surface area contributed by atoms with Crippen molar-refractivity contribution in [1.82, 2.24) is 9.55 Å². The lowest BCUT2D eigenvalue weighted by Gasteiger charge is -2.20. The number of methoxy groups -OCH3 is 1. The van der Waals surface area contributed by atoms with Crippen molar-refractivity contribution < 1.29 is 19.1 Å². The van der Waals surface area contributed by atoms with E-state index in [1.807, 2.05) is 37.3 Å². The zero-order valence-electron chi connectivity index (χ0n) is 14.3. The number of benzene rings is 1. The van der Waals surface area contributed by atoms with E-state index in [0.29, 0.717) is 5.69 Å². The minimum atomic E-state index is -0.946. The fraction of sp³-hybridized carbons (Fsp3) is 0.389. The van der Waals surface area contributed by atoms with E-state index in [1.165, 1.54) is 13.3 Å². The molecule has 0 spiro atoms. The maximum absolute atomic E-state index is 12.5. The van der Waals surface area contributed by atoms with Gasteiger partial charge in [0.2, 0.25) is 6.10 Å². The summed E-state index contributed by atoms with van der Waals surface area (Å²) in [6.07, 6.45) is 2.07. The van der Waals surface area contributed by atoms with Crippen molar-refractivity contribution >= 4 is 11.9 Å². The highest BCUT2D eigenvalue weighted by molar-refractivity contribution is 5.90. The Hall–Kier alpha value is -2.63. The molecular formula is C18H22N2O4. The molecule has 0 aliphatic heterocycles. The fourth-order valence-corrected chi connectivity index (χ4v) is 2.41. The maximum atomic E-state index is 12.5. The SMILES string of the molecule is COC(=O)[C@@H](OC(=O)c1cncn1[C@H](C)c1ccccc1)C(C)C. The summed E-state index contributed by atoms with van der Waals surface area (Å²) in [5.74, 6) is -1.36. The highest BCUT2D eigenvalue weighted by Crippen LogP contribution is 2.21. The molecule has 1 aromatic carbocycles. The first-order valence-corrected chi connectivity index (χ1v) is 7.81. The summed E-state index contributed by atoms with van der Waals surface area (Å²) in [4.78, 5) is 28.3. The predicted molar refractivity (Wildman–Crippen MR) is 88.5 cm³/mol. The Balaban J connectivity index is 2.23. The lowest BCUT2D eigenvalue weighted by Crippen LogP contribution is -2.33. The molecule has 2 atom stereocenters. The molecule has 0 radical (unpaired) electrons. The van der Waals surface area contributed by atoms with Crippen LogP contribution in [-0.4, -0.2) is 34.7 Å². The summed E-state index contributed by atoms with van der Waals surface area (Å²) < 4.78 is 11.8. The van der Waals surface area contributed by atoms with Crippen LogP contribution in [0.2, 0.25) is 0 Å². The van der Waals surface area contributed by atoms with E-state index in [-0.39, 0.29) is 12.0 Å². The van der Waals surface area contributed by atoms with Crippen molar-refractivity contribution in [2.45, 2.75) is 32.9 Å². The first kappa shape index (κ1) is 17.7. The van der Waals surface area contributed by atoms with Crippen molar-refractivity contribution in [3.05, 3.63) is 54.1 Å². The van der Waals surface area contributed by atoms with Crippen LogP contribution in [0.3, 0.4) is 0 Å². The van der Waals surface area contributed by atoms with Crippen LogP contribution in [0, 0.1) is 5.92 Å². The molecule has 0 N–H and O–H groups in total. The second-order valence-electron chi connectivity index (χ2n) is 5.87.